The lowest BCUT2D eigenvalue weighted by molar-refractivity contribution is -0.0160. The van der Waals surface area contributed by atoms with Gasteiger partial charge in [0.15, 0.2) is 5.69 Å². The SMILES string of the molecule is COC(=O)c1nn(C)cc1C1(O)CNC1. The van der Waals surface area contributed by atoms with Gasteiger partial charge in [0.05, 0.1) is 7.11 Å². The second-order valence-corrected chi connectivity index (χ2v) is 3.69. The van der Waals surface area contributed by atoms with Crippen molar-refractivity contribution < 1.29 is 14.6 Å². The van der Waals surface area contributed by atoms with E-state index in [4.69, 9.17) is 0 Å². The third-order valence-corrected chi connectivity index (χ3v) is 2.54. The van der Waals surface area contributed by atoms with E-state index >= 15 is 0 Å². The molecular formula is C9H13N3O3. The van der Waals surface area contributed by atoms with Gasteiger partial charge in [-0.05, 0) is 0 Å². The Morgan fingerprint density at radius 2 is 2.40 bits per heavy atom. The van der Waals surface area contributed by atoms with E-state index in [1.807, 2.05) is 0 Å². The van der Waals surface area contributed by atoms with Crippen molar-refractivity contribution in [3.05, 3.63) is 17.5 Å². The lowest BCUT2D eigenvalue weighted by atomic mass is 9.88. The second-order valence-electron chi connectivity index (χ2n) is 3.69. The molecule has 1 saturated heterocycles. The monoisotopic (exact) mass is 211 g/mol. The standard InChI is InChI=1S/C9H13N3O3/c1-12-3-6(9(14)4-10-5-9)7(11-12)8(13)15-2/h3,10,14H,4-5H2,1-2H3. The van der Waals surface area contributed by atoms with Crippen LogP contribution < -0.4 is 5.32 Å². The molecule has 1 aromatic heterocycles. The van der Waals surface area contributed by atoms with Gasteiger partial charge in [-0.15, -0.1) is 0 Å². The largest absolute Gasteiger partial charge is 0.464 e. The number of aromatic nitrogens is 2. The van der Waals surface area contributed by atoms with Crippen molar-refractivity contribution in [2.75, 3.05) is 20.2 Å². The number of carbonyl (C=O) groups excluding carboxylic acids is 1. The minimum absolute atomic E-state index is 0.184. The predicted molar refractivity (Wildman–Crippen MR) is 51.3 cm³/mol. The van der Waals surface area contributed by atoms with E-state index in [0.29, 0.717) is 18.7 Å². The Hall–Kier alpha value is -1.40. The summed E-state index contributed by atoms with van der Waals surface area (Å²) in [5.41, 5.74) is -0.280. The summed E-state index contributed by atoms with van der Waals surface area (Å²) in [6, 6.07) is 0. The van der Waals surface area contributed by atoms with Crippen LogP contribution in [0.4, 0.5) is 0 Å². The highest BCUT2D eigenvalue weighted by molar-refractivity contribution is 5.89. The average molecular weight is 211 g/mol. The summed E-state index contributed by atoms with van der Waals surface area (Å²) in [6.07, 6.45) is 1.65. The number of rotatable bonds is 2. The van der Waals surface area contributed by atoms with E-state index in [-0.39, 0.29) is 5.69 Å². The number of nitrogens with zero attached hydrogens (tertiary/aromatic N) is 2. The van der Waals surface area contributed by atoms with Gasteiger partial charge in [0.25, 0.3) is 0 Å². The molecule has 6 heteroatoms. The molecular weight excluding hydrogens is 198 g/mol. The number of β-amino-alcohol motifs (C(OH)–C–C–N with tert-alkyl or cyclic N) is 1. The molecule has 0 unspecified atom stereocenters. The number of nitrogens with one attached hydrogen (secondary N) is 1. The molecule has 1 aliphatic heterocycles. The molecule has 0 radical (unpaired) electrons. The number of hydrogen-bond acceptors (Lipinski definition) is 5. The Morgan fingerprint density at radius 1 is 1.73 bits per heavy atom. The number of hydrogen-bond donors (Lipinski definition) is 2. The Kier molecular flexibility index (Phi) is 2.24. The topological polar surface area (TPSA) is 76.4 Å². The van der Waals surface area contributed by atoms with Crippen LogP contribution in [0.25, 0.3) is 0 Å². The number of esters is 1. The molecule has 0 aliphatic carbocycles. The van der Waals surface area contributed by atoms with E-state index in [1.165, 1.54) is 11.8 Å². The number of methoxy groups -OCH3 is 1. The average Bonchev–Trinajstić information content (AvgIpc) is 2.55. The van der Waals surface area contributed by atoms with Crippen LogP contribution >= 0.6 is 0 Å². The van der Waals surface area contributed by atoms with Gasteiger partial charge >= 0.3 is 5.97 Å². The van der Waals surface area contributed by atoms with Crippen LogP contribution in [0.3, 0.4) is 0 Å². The lowest BCUT2D eigenvalue weighted by Crippen LogP contribution is -2.57. The van der Waals surface area contributed by atoms with E-state index in [0.717, 1.165) is 0 Å². The van der Waals surface area contributed by atoms with Crippen molar-refractivity contribution in [2.24, 2.45) is 7.05 Å². The number of aryl methyl sites for hydroxylation is 1. The van der Waals surface area contributed by atoms with E-state index < -0.39 is 11.6 Å². The zero-order valence-corrected chi connectivity index (χ0v) is 8.65. The van der Waals surface area contributed by atoms with E-state index in [9.17, 15) is 9.90 Å². The van der Waals surface area contributed by atoms with Gasteiger partial charge < -0.3 is 15.2 Å². The zero-order chi connectivity index (χ0) is 11.1. The molecule has 0 saturated carbocycles. The van der Waals surface area contributed by atoms with Crippen molar-refractivity contribution in [1.29, 1.82) is 0 Å². The predicted octanol–water partition coefficient (Wildman–Crippen LogP) is -1.00. The van der Waals surface area contributed by atoms with Gasteiger partial charge in [0, 0.05) is 31.9 Å². The first kappa shape index (κ1) is 10.1. The first-order valence-electron chi connectivity index (χ1n) is 4.62. The van der Waals surface area contributed by atoms with Gasteiger partial charge in [-0.2, -0.15) is 5.10 Å². The highest BCUT2D eigenvalue weighted by Gasteiger charge is 2.41. The van der Waals surface area contributed by atoms with Gasteiger partial charge in [0.1, 0.15) is 5.60 Å². The second kappa shape index (κ2) is 3.32. The van der Waals surface area contributed by atoms with Gasteiger partial charge in [-0.25, -0.2) is 4.79 Å². The molecule has 6 nitrogen and oxygen atoms in total. The summed E-state index contributed by atoms with van der Waals surface area (Å²) in [5.74, 6) is -0.522. The third kappa shape index (κ3) is 1.51. The Bertz CT molecular complexity index is 395. The van der Waals surface area contributed by atoms with Gasteiger partial charge in [0.2, 0.25) is 0 Å². The van der Waals surface area contributed by atoms with Crippen molar-refractivity contribution >= 4 is 5.97 Å². The van der Waals surface area contributed by atoms with Gasteiger partial charge in [-0.1, -0.05) is 0 Å². The van der Waals surface area contributed by atoms with Crippen molar-refractivity contribution in [2.45, 2.75) is 5.60 Å². The fourth-order valence-corrected chi connectivity index (χ4v) is 1.63. The van der Waals surface area contributed by atoms with Crippen LogP contribution in [0.2, 0.25) is 0 Å². The van der Waals surface area contributed by atoms with Crippen molar-refractivity contribution in [3.8, 4) is 0 Å². The van der Waals surface area contributed by atoms with E-state index in [1.54, 1.807) is 13.2 Å². The molecule has 0 amide bonds. The number of aliphatic hydroxyl groups is 1. The molecule has 1 aliphatic rings. The van der Waals surface area contributed by atoms with Crippen LogP contribution in [0.1, 0.15) is 16.1 Å². The smallest absolute Gasteiger partial charge is 0.358 e. The summed E-state index contributed by atoms with van der Waals surface area (Å²) in [6.45, 7) is 0.866. The summed E-state index contributed by atoms with van der Waals surface area (Å²) in [4.78, 5) is 11.4. The maximum atomic E-state index is 11.4. The van der Waals surface area contributed by atoms with E-state index in [2.05, 4.69) is 15.2 Å². The molecule has 0 spiro atoms. The fraction of sp³-hybridized carbons (Fsp3) is 0.556. The van der Waals surface area contributed by atoms with Crippen LogP contribution in [0.5, 0.6) is 0 Å². The summed E-state index contributed by atoms with van der Waals surface area (Å²) in [5, 5.41) is 17.0. The normalized spacial score (nSPS) is 18.3. The lowest BCUT2D eigenvalue weighted by Gasteiger charge is -2.37. The third-order valence-electron chi connectivity index (χ3n) is 2.54. The Balaban J connectivity index is 2.41. The Morgan fingerprint density at radius 3 is 2.87 bits per heavy atom. The first-order chi connectivity index (χ1) is 7.07. The zero-order valence-electron chi connectivity index (χ0n) is 8.65. The molecule has 2 N–H and O–H groups in total. The quantitative estimate of drug-likeness (QED) is 0.613. The minimum atomic E-state index is -0.988. The summed E-state index contributed by atoms with van der Waals surface area (Å²) in [7, 11) is 3.00. The first-order valence-corrected chi connectivity index (χ1v) is 4.62. The maximum Gasteiger partial charge on any atom is 0.358 e. The molecule has 2 heterocycles. The van der Waals surface area contributed by atoms with Crippen LogP contribution in [0, 0.1) is 0 Å². The number of ether oxygens (including phenoxy) is 1. The van der Waals surface area contributed by atoms with Crippen LogP contribution in [-0.4, -0.2) is 41.1 Å². The number of carbonyl (C=O) groups is 1. The highest BCUT2D eigenvalue weighted by Crippen LogP contribution is 2.27. The molecule has 0 atom stereocenters. The minimum Gasteiger partial charge on any atom is -0.464 e. The van der Waals surface area contributed by atoms with Gasteiger partial charge in [-0.3, -0.25) is 4.68 Å². The fourth-order valence-electron chi connectivity index (χ4n) is 1.63. The molecule has 0 bridgehead atoms. The highest BCUT2D eigenvalue weighted by atomic mass is 16.5. The summed E-state index contributed by atoms with van der Waals surface area (Å²) < 4.78 is 6.11. The maximum absolute atomic E-state index is 11.4. The molecule has 82 valence electrons. The Labute approximate surface area is 86.8 Å². The molecule has 2 rings (SSSR count). The molecule has 1 fully saturated rings. The van der Waals surface area contributed by atoms with Crippen LogP contribution in [-0.2, 0) is 17.4 Å². The molecule has 15 heavy (non-hydrogen) atoms. The molecule has 0 aromatic carbocycles. The van der Waals surface area contributed by atoms with Crippen molar-refractivity contribution in [1.82, 2.24) is 15.1 Å². The van der Waals surface area contributed by atoms with Crippen LogP contribution in [0.15, 0.2) is 6.20 Å². The summed E-state index contributed by atoms with van der Waals surface area (Å²) >= 11 is 0. The molecule has 1 aromatic rings. The van der Waals surface area contributed by atoms with Crippen molar-refractivity contribution in [3.63, 3.8) is 0 Å².